The van der Waals surface area contributed by atoms with E-state index in [0.29, 0.717) is 25.6 Å². The highest BCUT2D eigenvalue weighted by Crippen LogP contribution is 2.33. The van der Waals surface area contributed by atoms with Gasteiger partial charge in [0, 0.05) is 23.5 Å². The zero-order chi connectivity index (χ0) is 33.9. The van der Waals surface area contributed by atoms with Gasteiger partial charge >= 0.3 is 5.97 Å². The van der Waals surface area contributed by atoms with Gasteiger partial charge in [0.15, 0.2) is 6.10 Å². The third kappa shape index (κ3) is 16.5. The fourth-order valence-corrected chi connectivity index (χ4v) is 5.80. The Morgan fingerprint density at radius 3 is 1.65 bits per heavy atom. The molecule has 0 bridgehead atoms. The van der Waals surface area contributed by atoms with E-state index in [1.54, 1.807) is 0 Å². The summed E-state index contributed by atoms with van der Waals surface area (Å²) >= 11 is 0. The molecule has 0 heterocycles. The SMILES string of the molecule is C=CC(=O)OC(COCCCCCCCCCCCCCCCCCC)COc1ccc(OCCOc2ccccc2)c2ccccc12. The standard InChI is InChI=1S/C42H60O6/c1-3-5-6-7-8-9-10-11-12-13-14-15-16-17-18-24-31-44-34-37(48-42(43)4-2)35-47-41-30-29-40(38-27-22-23-28-39(38)41)46-33-32-45-36-25-20-19-21-26-36/h4,19-23,25-30,37H,2-3,5-18,24,31-35H2,1H3. The first-order chi connectivity index (χ1) is 23.7. The lowest BCUT2D eigenvalue weighted by atomic mass is 10.0. The highest BCUT2D eigenvalue weighted by Gasteiger charge is 2.16. The lowest BCUT2D eigenvalue weighted by molar-refractivity contribution is -0.148. The minimum atomic E-state index is -0.540. The van der Waals surface area contributed by atoms with Gasteiger partial charge in [0.1, 0.15) is 37.1 Å². The second-order valence-corrected chi connectivity index (χ2v) is 12.6. The lowest BCUT2D eigenvalue weighted by Gasteiger charge is -2.19. The minimum Gasteiger partial charge on any atom is -0.490 e. The first-order valence-electron chi connectivity index (χ1n) is 18.6. The Morgan fingerprint density at radius 2 is 1.08 bits per heavy atom. The van der Waals surface area contributed by atoms with Crippen LogP contribution in [-0.4, -0.2) is 45.1 Å². The van der Waals surface area contributed by atoms with Crippen molar-refractivity contribution in [3.8, 4) is 17.2 Å². The van der Waals surface area contributed by atoms with E-state index in [4.69, 9.17) is 23.7 Å². The number of rotatable bonds is 29. The molecule has 0 aliphatic carbocycles. The average molecular weight is 661 g/mol. The number of unbranched alkanes of at least 4 members (excludes halogenated alkanes) is 15. The summed E-state index contributed by atoms with van der Waals surface area (Å²) in [5, 5.41) is 1.86. The summed E-state index contributed by atoms with van der Waals surface area (Å²) in [6.07, 6.45) is 22.0. The van der Waals surface area contributed by atoms with Crippen molar-refractivity contribution in [2.24, 2.45) is 0 Å². The molecule has 0 radical (unpaired) electrons. The molecule has 0 N–H and O–H groups in total. The molecule has 0 aromatic heterocycles. The van der Waals surface area contributed by atoms with Crippen molar-refractivity contribution >= 4 is 16.7 Å². The first kappa shape index (κ1) is 38.9. The van der Waals surface area contributed by atoms with Crippen LogP contribution in [0, 0.1) is 0 Å². The third-order valence-electron chi connectivity index (χ3n) is 8.52. The molecule has 1 atom stereocenters. The van der Waals surface area contributed by atoms with Crippen LogP contribution >= 0.6 is 0 Å². The molecule has 3 rings (SSSR count). The van der Waals surface area contributed by atoms with E-state index in [1.807, 2.05) is 66.7 Å². The Hall–Kier alpha value is -3.51. The number of esters is 1. The van der Waals surface area contributed by atoms with Gasteiger partial charge in [-0.25, -0.2) is 4.79 Å². The topological polar surface area (TPSA) is 63.2 Å². The number of benzene rings is 3. The van der Waals surface area contributed by atoms with Crippen LogP contribution in [0.4, 0.5) is 0 Å². The Labute approximate surface area is 290 Å². The van der Waals surface area contributed by atoms with E-state index in [-0.39, 0.29) is 13.2 Å². The van der Waals surface area contributed by atoms with Gasteiger partial charge in [-0.2, -0.15) is 0 Å². The van der Waals surface area contributed by atoms with Crippen molar-refractivity contribution in [1.29, 1.82) is 0 Å². The molecule has 0 aliphatic rings. The van der Waals surface area contributed by atoms with Crippen molar-refractivity contribution in [2.45, 2.75) is 116 Å². The van der Waals surface area contributed by atoms with Crippen LogP contribution in [0.1, 0.15) is 110 Å². The number of para-hydroxylation sites is 1. The van der Waals surface area contributed by atoms with Gasteiger partial charge in [-0.3, -0.25) is 0 Å². The largest absolute Gasteiger partial charge is 0.490 e. The molecule has 0 saturated carbocycles. The number of hydrogen-bond acceptors (Lipinski definition) is 6. The maximum absolute atomic E-state index is 12.0. The number of carbonyl (C=O) groups excluding carboxylic acids is 1. The van der Waals surface area contributed by atoms with Crippen LogP contribution in [0.3, 0.4) is 0 Å². The summed E-state index contributed by atoms with van der Waals surface area (Å²) < 4.78 is 29.5. The monoisotopic (exact) mass is 660 g/mol. The van der Waals surface area contributed by atoms with Crippen molar-refractivity contribution in [3.05, 3.63) is 79.4 Å². The molecule has 0 aliphatic heterocycles. The molecule has 6 nitrogen and oxygen atoms in total. The van der Waals surface area contributed by atoms with Crippen LogP contribution in [-0.2, 0) is 14.3 Å². The summed E-state index contributed by atoms with van der Waals surface area (Å²) in [5.41, 5.74) is 0. The summed E-state index contributed by atoms with van der Waals surface area (Å²) in [6.45, 7) is 7.76. The average Bonchev–Trinajstić information content (AvgIpc) is 3.12. The Balaban J connectivity index is 1.30. The highest BCUT2D eigenvalue weighted by molar-refractivity contribution is 5.93. The fraction of sp³-hybridized carbons (Fsp3) is 0.548. The van der Waals surface area contributed by atoms with Gasteiger partial charge in [-0.05, 0) is 30.7 Å². The van der Waals surface area contributed by atoms with Crippen LogP contribution in [0.25, 0.3) is 10.8 Å². The van der Waals surface area contributed by atoms with Crippen molar-refractivity contribution in [3.63, 3.8) is 0 Å². The van der Waals surface area contributed by atoms with Gasteiger partial charge in [-0.1, -0.05) is 152 Å². The van der Waals surface area contributed by atoms with E-state index in [0.717, 1.165) is 35.1 Å². The summed E-state index contributed by atoms with van der Waals surface area (Å²) in [4.78, 5) is 12.0. The van der Waals surface area contributed by atoms with Crippen LogP contribution in [0.2, 0.25) is 0 Å². The van der Waals surface area contributed by atoms with Crippen molar-refractivity contribution in [1.82, 2.24) is 0 Å². The van der Waals surface area contributed by atoms with E-state index < -0.39 is 12.1 Å². The predicted molar refractivity (Wildman–Crippen MR) is 197 cm³/mol. The number of hydrogen-bond donors (Lipinski definition) is 0. The Kier molecular flexibility index (Phi) is 20.7. The Morgan fingerprint density at radius 1 is 0.583 bits per heavy atom. The molecule has 3 aromatic carbocycles. The van der Waals surface area contributed by atoms with Gasteiger partial charge in [0.2, 0.25) is 0 Å². The van der Waals surface area contributed by atoms with Crippen molar-refractivity contribution in [2.75, 3.05) is 33.0 Å². The van der Waals surface area contributed by atoms with E-state index in [1.165, 1.54) is 96.0 Å². The summed E-state index contributed by atoms with van der Waals surface area (Å²) in [7, 11) is 0. The van der Waals surface area contributed by atoms with E-state index in [2.05, 4.69) is 13.5 Å². The van der Waals surface area contributed by atoms with Crippen LogP contribution < -0.4 is 14.2 Å². The minimum absolute atomic E-state index is 0.174. The predicted octanol–water partition coefficient (Wildman–Crippen LogP) is 11.1. The molecular weight excluding hydrogens is 600 g/mol. The molecule has 264 valence electrons. The molecule has 0 amide bonds. The molecule has 1 unspecified atom stereocenters. The molecule has 0 fully saturated rings. The maximum atomic E-state index is 12.0. The summed E-state index contributed by atoms with van der Waals surface area (Å²) in [5.74, 6) is 1.78. The zero-order valence-corrected chi connectivity index (χ0v) is 29.5. The van der Waals surface area contributed by atoms with Crippen LogP contribution in [0.15, 0.2) is 79.4 Å². The lowest BCUT2D eigenvalue weighted by Crippen LogP contribution is -2.29. The summed E-state index contributed by atoms with van der Waals surface area (Å²) in [6, 6.07) is 21.4. The number of ether oxygens (including phenoxy) is 5. The van der Waals surface area contributed by atoms with Crippen LogP contribution in [0.5, 0.6) is 17.2 Å². The fourth-order valence-electron chi connectivity index (χ4n) is 5.80. The second-order valence-electron chi connectivity index (χ2n) is 12.6. The van der Waals surface area contributed by atoms with E-state index >= 15 is 0 Å². The second kappa shape index (κ2) is 25.5. The Bertz CT molecular complexity index is 1260. The smallest absolute Gasteiger partial charge is 0.330 e. The molecule has 48 heavy (non-hydrogen) atoms. The number of carbonyl (C=O) groups is 1. The normalized spacial score (nSPS) is 11.7. The third-order valence-corrected chi connectivity index (χ3v) is 8.52. The maximum Gasteiger partial charge on any atom is 0.330 e. The van der Waals surface area contributed by atoms with Gasteiger partial charge < -0.3 is 23.7 Å². The zero-order valence-electron chi connectivity index (χ0n) is 29.5. The van der Waals surface area contributed by atoms with E-state index in [9.17, 15) is 4.79 Å². The molecule has 0 spiro atoms. The molecule has 0 saturated heterocycles. The number of fused-ring (bicyclic) bond motifs is 1. The molecule has 6 heteroatoms. The molecule has 3 aromatic rings. The van der Waals surface area contributed by atoms with Gasteiger partial charge in [0.05, 0.1) is 6.61 Å². The first-order valence-corrected chi connectivity index (χ1v) is 18.6. The van der Waals surface area contributed by atoms with Gasteiger partial charge in [-0.15, -0.1) is 0 Å². The van der Waals surface area contributed by atoms with Gasteiger partial charge in [0.25, 0.3) is 0 Å². The highest BCUT2D eigenvalue weighted by atomic mass is 16.6. The molecular formula is C42H60O6. The quantitative estimate of drug-likeness (QED) is 0.0419. The van der Waals surface area contributed by atoms with Crippen molar-refractivity contribution < 1.29 is 28.5 Å².